The quantitative estimate of drug-likeness (QED) is 0.750. The van der Waals surface area contributed by atoms with E-state index in [0.29, 0.717) is 20.8 Å². The fraction of sp³-hybridized carbons (Fsp3) is 0.222. The number of nitrogens with zero attached hydrogens (tertiary/aromatic N) is 1. The van der Waals surface area contributed by atoms with E-state index in [1.807, 2.05) is 0 Å². The van der Waals surface area contributed by atoms with Gasteiger partial charge < -0.3 is 4.90 Å². The monoisotopic (exact) mass is 329 g/mol. The van der Waals surface area contributed by atoms with Crippen LogP contribution in [0.2, 0.25) is 15.1 Å². The number of hydrogen-bond acceptors (Lipinski definition) is 1. The third-order valence-corrected chi connectivity index (χ3v) is 3.08. The first-order valence-corrected chi connectivity index (χ1v) is 6.20. The summed E-state index contributed by atoms with van der Waals surface area (Å²) in [5, 5.41) is 1.35. The number of carbonyl (C=O) groups is 1. The van der Waals surface area contributed by atoms with Crippen molar-refractivity contribution in [2.75, 3.05) is 17.3 Å². The maximum atomic E-state index is 11.4. The fourth-order valence-electron chi connectivity index (χ4n) is 1.07. The molecule has 0 heterocycles. The Morgan fingerprint density at radius 1 is 1.33 bits per heavy atom. The molecule has 0 radical (unpaired) electrons. The number of benzene rings is 1. The number of carbonyl (C=O) groups excluding carboxylic acids is 1. The molecule has 1 aromatic carbocycles. The van der Waals surface area contributed by atoms with Gasteiger partial charge in [-0.05, 0) is 12.1 Å². The summed E-state index contributed by atoms with van der Waals surface area (Å²) in [6, 6.07) is 3.09. The molecule has 6 heteroatoms. The van der Waals surface area contributed by atoms with Gasteiger partial charge in [-0.2, -0.15) is 0 Å². The van der Waals surface area contributed by atoms with E-state index in [4.69, 9.17) is 34.8 Å². The lowest BCUT2D eigenvalue weighted by Gasteiger charge is -2.19. The lowest BCUT2D eigenvalue weighted by molar-refractivity contribution is -0.115. The van der Waals surface area contributed by atoms with Crippen molar-refractivity contribution < 1.29 is 4.79 Å². The Balaban J connectivity index is 3.19. The Morgan fingerprint density at radius 2 is 1.80 bits per heavy atom. The van der Waals surface area contributed by atoms with E-state index in [1.54, 1.807) is 19.2 Å². The highest BCUT2D eigenvalue weighted by molar-refractivity contribution is 9.09. The van der Waals surface area contributed by atoms with Crippen LogP contribution in [0.1, 0.15) is 0 Å². The number of alkyl halides is 1. The van der Waals surface area contributed by atoms with Crippen LogP contribution in [0.4, 0.5) is 5.69 Å². The highest BCUT2D eigenvalue weighted by Gasteiger charge is 2.16. The first-order chi connectivity index (χ1) is 6.97. The lowest BCUT2D eigenvalue weighted by Crippen LogP contribution is -2.27. The van der Waals surface area contributed by atoms with E-state index in [9.17, 15) is 4.79 Å². The molecule has 0 aliphatic carbocycles. The SMILES string of the molecule is CN(C(=O)CBr)c1c(Cl)cc(Cl)cc1Cl. The first-order valence-electron chi connectivity index (χ1n) is 3.94. The average Bonchev–Trinajstić information content (AvgIpc) is 2.14. The summed E-state index contributed by atoms with van der Waals surface area (Å²) in [6.07, 6.45) is 0. The molecule has 0 aliphatic rings. The Morgan fingerprint density at radius 3 is 2.20 bits per heavy atom. The third-order valence-electron chi connectivity index (χ3n) is 1.81. The number of amides is 1. The van der Waals surface area contributed by atoms with Crippen molar-refractivity contribution in [3.05, 3.63) is 27.2 Å². The van der Waals surface area contributed by atoms with Crippen LogP contribution in [0.15, 0.2) is 12.1 Å². The molecule has 0 saturated carbocycles. The van der Waals surface area contributed by atoms with Gasteiger partial charge in [0.1, 0.15) is 0 Å². The van der Waals surface area contributed by atoms with Gasteiger partial charge in [-0.3, -0.25) is 4.79 Å². The fourth-order valence-corrected chi connectivity index (χ4v) is 2.52. The van der Waals surface area contributed by atoms with Gasteiger partial charge in [-0.15, -0.1) is 0 Å². The van der Waals surface area contributed by atoms with Crippen LogP contribution in [-0.2, 0) is 4.79 Å². The molecular weight excluding hydrogens is 324 g/mol. The maximum absolute atomic E-state index is 11.4. The van der Waals surface area contributed by atoms with E-state index in [-0.39, 0.29) is 11.2 Å². The minimum atomic E-state index is -0.138. The summed E-state index contributed by atoms with van der Waals surface area (Å²) >= 11 is 20.7. The van der Waals surface area contributed by atoms with E-state index in [2.05, 4.69) is 15.9 Å². The van der Waals surface area contributed by atoms with Gasteiger partial charge in [-0.25, -0.2) is 0 Å². The molecule has 1 amide bonds. The summed E-state index contributed by atoms with van der Waals surface area (Å²) in [6.45, 7) is 0. The third kappa shape index (κ3) is 3.00. The number of anilines is 1. The summed E-state index contributed by atoms with van der Waals surface area (Å²) in [7, 11) is 1.60. The average molecular weight is 331 g/mol. The molecule has 15 heavy (non-hydrogen) atoms. The minimum absolute atomic E-state index is 0.138. The molecule has 2 nitrogen and oxygen atoms in total. The molecule has 1 aromatic rings. The van der Waals surface area contributed by atoms with Crippen molar-refractivity contribution in [2.24, 2.45) is 0 Å². The Labute approximate surface area is 111 Å². The van der Waals surface area contributed by atoms with Gasteiger partial charge in [0.25, 0.3) is 0 Å². The molecule has 0 unspecified atom stereocenters. The number of halogens is 4. The van der Waals surface area contributed by atoms with Crippen LogP contribution in [0.25, 0.3) is 0 Å². The largest absolute Gasteiger partial charge is 0.312 e. The number of rotatable bonds is 2. The first kappa shape index (κ1) is 13.1. The molecule has 0 N–H and O–H groups in total. The Kier molecular flexibility index (Phi) is 4.71. The molecule has 0 bridgehead atoms. The molecular formula is C9H7BrCl3NO. The predicted octanol–water partition coefficient (Wildman–Crippen LogP) is 4.00. The number of hydrogen-bond donors (Lipinski definition) is 0. The predicted molar refractivity (Wildman–Crippen MR) is 68.7 cm³/mol. The van der Waals surface area contributed by atoms with Crippen molar-refractivity contribution in [1.82, 2.24) is 0 Å². The van der Waals surface area contributed by atoms with E-state index in [0.717, 1.165) is 0 Å². The molecule has 1 rings (SSSR count). The van der Waals surface area contributed by atoms with E-state index >= 15 is 0 Å². The Bertz CT molecular complexity index is 374. The summed E-state index contributed by atoms with van der Waals surface area (Å²) < 4.78 is 0. The lowest BCUT2D eigenvalue weighted by atomic mass is 10.3. The minimum Gasteiger partial charge on any atom is -0.312 e. The zero-order valence-electron chi connectivity index (χ0n) is 7.73. The topological polar surface area (TPSA) is 20.3 Å². The molecule has 0 spiro atoms. The van der Waals surface area contributed by atoms with Gasteiger partial charge in [0, 0.05) is 12.1 Å². The second kappa shape index (κ2) is 5.39. The molecule has 0 saturated heterocycles. The van der Waals surface area contributed by atoms with Gasteiger partial charge in [0.15, 0.2) is 0 Å². The van der Waals surface area contributed by atoms with E-state index in [1.165, 1.54) is 4.90 Å². The Hall–Kier alpha value is 0.0400. The van der Waals surface area contributed by atoms with Crippen LogP contribution in [0, 0.1) is 0 Å². The van der Waals surface area contributed by atoms with Gasteiger partial charge in [-0.1, -0.05) is 50.7 Å². The zero-order chi connectivity index (χ0) is 11.6. The van der Waals surface area contributed by atoms with Crippen molar-refractivity contribution in [3.8, 4) is 0 Å². The molecule has 0 aliphatic heterocycles. The van der Waals surface area contributed by atoms with Crippen molar-refractivity contribution in [1.29, 1.82) is 0 Å². The van der Waals surface area contributed by atoms with Crippen molar-refractivity contribution in [3.63, 3.8) is 0 Å². The van der Waals surface area contributed by atoms with Crippen LogP contribution in [0.5, 0.6) is 0 Å². The van der Waals surface area contributed by atoms with Gasteiger partial charge in [0.05, 0.1) is 21.1 Å². The van der Waals surface area contributed by atoms with Crippen molar-refractivity contribution in [2.45, 2.75) is 0 Å². The molecule has 0 fully saturated rings. The van der Waals surface area contributed by atoms with E-state index < -0.39 is 0 Å². The standard InChI is InChI=1S/C9H7BrCl3NO/c1-14(8(15)4-10)9-6(12)2-5(11)3-7(9)13/h2-3H,4H2,1H3. The normalized spacial score (nSPS) is 10.2. The molecule has 82 valence electrons. The molecule has 0 aromatic heterocycles. The summed E-state index contributed by atoms with van der Waals surface area (Å²) in [5.41, 5.74) is 0.465. The molecule has 0 atom stereocenters. The van der Waals surface area contributed by atoms with Crippen molar-refractivity contribution >= 4 is 62.3 Å². The highest BCUT2D eigenvalue weighted by Crippen LogP contribution is 2.36. The van der Waals surface area contributed by atoms with Crippen LogP contribution >= 0.6 is 50.7 Å². The van der Waals surface area contributed by atoms with Gasteiger partial charge >= 0.3 is 0 Å². The summed E-state index contributed by atoms with van der Waals surface area (Å²) in [4.78, 5) is 12.8. The van der Waals surface area contributed by atoms with Crippen LogP contribution < -0.4 is 4.90 Å². The highest BCUT2D eigenvalue weighted by atomic mass is 79.9. The van der Waals surface area contributed by atoms with Crippen LogP contribution in [-0.4, -0.2) is 18.3 Å². The van der Waals surface area contributed by atoms with Crippen LogP contribution in [0.3, 0.4) is 0 Å². The second-order valence-corrected chi connectivity index (χ2v) is 4.62. The smallest absolute Gasteiger partial charge is 0.237 e. The van der Waals surface area contributed by atoms with Gasteiger partial charge in [0.2, 0.25) is 5.91 Å². The second-order valence-electron chi connectivity index (χ2n) is 2.80. The zero-order valence-corrected chi connectivity index (χ0v) is 11.6. The maximum Gasteiger partial charge on any atom is 0.237 e. The summed E-state index contributed by atoms with van der Waals surface area (Å²) in [5.74, 6) is -0.138.